The van der Waals surface area contributed by atoms with Crippen LogP contribution in [0.2, 0.25) is 0 Å². The molecule has 9 nitrogen and oxygen atoms in total. The molecular formula is C34H35F3N6O3. The molecule has 0 radical (unpaired) electrons. The van der Waals surface area contributed by atoms with Gasteiger partial charge in [-0.05, 0) is 78.1 Å². The highest BCUT2D eigenvalue weighted by Gasteiger charge is 2.30. The Morgan fingerprint density at radius 2 is 1.43 bits per heavy atom. The minimum atomic E-state index is -4.49. The molecular weight excluding hydrogens is 597 g/mol. The molecule has 0 unspecified atom stereocenters. The maximum atomic E-state index is 13.4. The van der Waals surface area contributed by atoms with Gasteiger partial charge >= 0.3 is 6.18 Å². The van der Waals surface area contributed by atoms with E-state index in [4.69, 9.17) is 11.5 Å². The molecule has 4 aromatic rings. The lowest BCUT2D eigenvalue weighted by molar-refractivity contribution is -0.137. The fraction of sp³-hybridized carbons (Fsp3) is 0.235. The molecule has 2 atom stereocenters. The average Bonchev–Trinajstić information content (AvgIpc) is 3.04. The van der Waals surface area contributed by atoms with Crippen LogP contribution < -0.4 is 27.4 Å². The largest absolute Gasteiger partial charge is 0.416 e. The van der Waals surface area contributed by atoms with Gasteiger partial charge in [0.15, 0.2) is 5.96 Å². The number of nitrogens with one attached hydrogen (secondary N) is 3. The molecule has 0 saturated heterocycles. The maximum absolute atomic E-state index is 13.4. The highest BCUT2D eigenvalue weighted by atomic mass is 19.4. The number of guanidine groups is 1. The zero-order valence-electron chi connectivity index (χ0n) is 25.1. The normalized spacial score (nSPS) is 12.5. The summed E-state index contributed by atoms with van der Waals surface area (Å²) in [5.41, 5.74) is 12.0. The number of nitrogens with two attached hydrogens (primary N) is 2. The zero-order chi connectivity index (χ0) is 33.3. The number of amides is 3. The third kappa shape index (κ3) is 9.07. The molecule has 3 amide bonds. The van der Waals surface area contributed by atoms with Crippen molar-refractivity contribution in [3.8, 4) is 0 Å². The molecule has 4 rings (SSSR count). The molecule has 0 fully saturated rings. The number of carbonyl (C=O) groups is 3. The number of carbonyl (C=O) groups excluding carboxylic acids is 3. The van der Waals surface area contributed by atoms with Crippen molar-refractivity contribution in [3.63, 3.8) is 0 Å². The van der Waals surface area contributed by atoms with E-state index in [0.717, 1.165) is 40.6 Å². The molecule has 0 heterocycles. The summed E-state index contributed by atoms with van der Waals surface area (Å²) in [7, 11) is 0. The Balaban J connectivity index is 1.38. The second-order valence-corrected chi connectivity index (χ2v) is 10.7. The number of fused-ring (bicyclic) bond motifs is 1. The Morgan fingerprint density at radius 1 is 0.804 bits per heavy atom. The summed E-state index contributed by atoms with van der Waals surface area (Å²) in [4.78, 5) is 43.0. The summed E-state index contributed by atoms with van der Waals surface area (Å²) in [6.07, 6.45) is -3.77. The number of halogens is 3. The van der Waals surface area contributed by atoms with Crippen LogP contribution in [0.3, 0.4) is 0 Å². The smallest absolute Gasteiger partial charge is 0.370 e. The van der Waals surface area contributed by atoms with Gasteiger partial charge in [-0.2, -0.15) is 13.2 Å². The van der Waals surface area contributed by atoms with E-state index in [-0.39, 0.29) is 43.0 Å². The van der Waals surface area contributed by atoms with Crippen molar-refractivity contribution in [3.05, 3.63) is 119 Å². The van der Waals surface area contributed by atoms with Crippen molar-refractivity contribution < 1.29 is 27.6 Å². The number of hydrogen-bond donors (Lipinski definition) is 5. The summed E-state index contributed by atoms with van der Waals surface area (Å²) in [5, 5.41) is 10.5. The summed E-state index contributed by atoms with van der Waals surface area (Å²) in [6.45, 7) is 2.25. The van der Waals surface area contributed by atoms with Crippen molar-refractivity contribution in [2.24, 2.45) is 16.5 Å². The van der Waals surface area contributed by atoms with Gasteiger partial charge in [0.1, 0.15) is 6.04 Å². The first-order valence-electron chi connectivity index (χ1n) is 14.6. The number of benzene rings is 4. The van der Waals surface area contributed by atoms with Crippen LogP contribution in [-0.4, -0.2) is 36.3 Å². The molecule has 12 heteroatoms. The summed E-state index contributed by atoms with van der Waals surface area (Å²) < 4.78 is 38.4. The van der Waals surface area contributed by atoms with Crippen LogP contribution in [0.5, 0.6) is 0 Å². The van der Waals surface area contributed by atoms with E-state index in [9.17, 15) is 27.6 Å². The van der Waals surface area contributed by atoms with Crippen LogP contribution in [0.15, 0.2) is 96.0 Å². The number of alkyl halides is 3. The quantitative estimate of drug-likeness (QED) is 0.0862. The van der Waals surface area contributed by atoms with E-state index in [2.05, 4.69) is 20.9 Å². The molecule has 0 aliphatic rings. The SMILES string of the molecule is C[C@H](NC(=O)[C@H](CCCN=C(N)N)NC(=O)c1ccc(CNC(=O)c2ccc(C(F)(F)F)cc2)cc1)c1cccc2ccccc12. The van der Waals surface area contributed by atoms with Gasteiger partial charge in [-0.15, -0.1) is 0 Å². The second kappa shape index (κ2) is 15.1. The summed E-state index contributed by atoms with van der Waals surface area (Å²) in [6, 6.07) is 22.8. The second-order valence-electron chi connectivity index (χ2n) is 10.7. The molecule has 4 aromatic carbocycles. The Bertz CT molecular complexity index is 1700. The fourth-order valence-electron chi connectivity index (χ4n) is 4.90. The van der Waals surface area contributed by atoms with Crippen LogP contribution >= 0.6 is 0 Å². The first-order valence-corrected chi connectivity index (χ1v) is 14.6. The van der Waals surface area contributed by atoms with Crippen LogP contribution in [0, 0.1) is 0 Å². The molecule has 0 aromatic heterocycles. The molecule has 46 heavy (non-hydrogen) atoms. The number of nitrogens with zero attached hydrogens (tertiary/aromatic N) is 1. The lowest BCUT2D eigenvalue weighted by Gasteiger charge is -2.22. The van der Waals surface area contributed by atoms with E-state index in [0.29, 0.717) is 17.5 Å². The lowest BCUT2D eigenvalue weighted by Crippen LogP contribution is -2.47. The first-order chi connectivity index (χ1) is 21.9. The Morgan fingerprint density at radius 3 is 2.11 bits per heavy atom. The van der Waals surface area contributed by atoms with E-state index >= 15 is 0 Å². The van der Waals surface area contributed by atoms with Crippen molar-refractivity contribution in [2.75, 3.05) is 6.54 Å². The standard InChI is InChI=1S/C34H35F3N6O3/c1-21(27-9-4-7-23-6-2-3-8-28(23)27)42-32(46)29(10-5-19-40-33(38)39)43-31(45)25-13-11-22(12-14-25)20-41-30(44)24-15-17-26(18-16-24)34(35,36)37/h2-4,6-9,11-18,21,29H,5,10,19-20H2,1H3,(H,41,44)(H,42,46)(H,43,45)(H4,38,39,40)/t21-,29-/m0/s1. The third-order valence-electron chi connectivity index (χ3n) is 7.36. The molecule has 240 valence electrons. The van der Waals surface area contributed by atoms with Crippen LogP contribution in [-0.2, 0) is 17.5 Å². The van der Waals surface area contributed by atoms with Gasteiger partial charge in [-0.1, -0.05) is 54.6 Å². The van der Waals surface area contributed by atoms with Gasteiger partial charge in [0.25, 0.3) is 11.8 Å². The van der Waals surface area contributed by atoms with Gasteiger partial charge < -0.3 is 27.4 Å². The van der Waals surface area contributed by atoms with Crippen LogP contribution in [0.4, 0.5) is 13.2 Å². The Hall–Kier alpha value is -5.39. The average molecular weight is 633 g/mol. The van der Waals surface area contributed by atoms with Gasteiger partial charge in [0.2, 0.25) is 5.91 Å². The minimum absolute atomic E-state index is 0.0646. The topological polar surface area (TPSA) is 152 Å². The predicted octanol–water partition coefficient (Wildman–Crippen LogP) is 4.82. The highest BCUT2D eigenvalue weighted by molar-refractivity contribution is 5.98. The third-order valence-corrected chi connectivity index (χ3v) is 7.36. The fourth-order valence-corrected chi connectivity index (χ4v) is 4.90. The minimum Gasteiger partial charge on any atom is -0.370 e. The van der Waals surface area contributed by atoms with Gasteiger partial charge in [-0.25, -0.2) is 0 Å². The van der Waals surface area contributed by atoms with Gasteiger partial charge in [0.05, 0.1) is 11.6 Å². The maximum Gasteiger partial charge on any atom is 0.416 e. The Labute approximate surface area is 264 Å². The van der Waals surface area contributed by atoms with Crippen LogP contribution in [0.1, 0.15) is 63.2 Å². The summed E-state index contributed by atoms with van der Waals surface area (Å²) >= 11 is 0. The van der Waals surface area contributed by atoms with E-state index in [1.54, 1.807) is 24.3 Å². The highest BCUT2D eigenvalue weighted by Crippen LogP contribution is 2.29. The van der Waals surface area contributed by atoms with Crippen molar-refractivity contribution >= 4 is 34.5 Å². The predicted molar refractivity (Wildman–Crippen MR) is 171 cm³/mol. The monoisotopic (exact) mass is 632 g/mol. The molecule has 0 spiro atoms. The lowest BCUT2D eigenvalue weighted by atomic mass is 9.99. The number of hydrogen-bond acceptors (Lipinski definition) is 4. The van der Waals surface area contributed by atoms with E-state index < -0.39 is 29.6 Å². The Kier molecular flexibility index (Phi) is 11.0. The first kappa shape index (κ1) is 33.5. The molecule has 0 aliphatic heterocycles. The van der Waals surface area contributed by atoms with Crippen molar-refractivity contribution in [2.45, 2.75) is 44.6 Å². The van der Waals surface area contributed by atoms with Gasteiger partial charge in [-0.3, -0.25) is 19.4 Å². The van der Waals surface area contributed by atoms with E-state index in [1.165, 1.54) is 0 Å². The zero-order valence-corrected chi connectivity index (χ0v) is 25.1. The molecule has 0 aliphatic carbocycles. The van der Waals surface area contributed by atoms with Gasteiger partial charge in [0, 0.05) is 24.2 Å². The number of rotatable bonds is 12. The molecule has 0 saturated carbocycles. The van der Waals surface area contributed by atoms with Crippen molar-refractivity contribution in [1.82, 2.24) is 16.0 Å². The molecule has 7 N–H and O–H groups in total. The van der Waals surface area contributed by atoms with Crippen molar-refractivity contribution in [1.29, 1.82) is 0 Å². The van der Waals surface area contributed by atoms with Crippen LogP contribution in [0.25, 0.3) is 10.8 Å². The van der Waals surface area contributed by atoms with E-state index in [1.807, 2.05) is 49.4 Å². The number of aliphatic imine (C=N–C) groups is 1. The molecule has 0 bridgehead atoms. The summed E-state index contributed by atoms with van der Waals surface area (Å²) in [5.74, 6) is -1.44.